The molecule has 0 unspecified atom stereocenters. The SMILES string of the molecule is CC(C)O.O=[N+]([O-])[O-].O=[N+]([O-])[O-].[Co+2]. The number of aliphatic hydroxyl groups is 1. The monoisotopic (exact) mass is 243 g/mol. The Kier molecular flexibility index (Phi) is 29.8. The van der Waals surface area contributed by atoms with E-state index in [4.69, 9.17) is 35.7 Å². The molecule has 1 N–H and O–H groups in total. The van der Waals surface area contributed by atoms with Crippen molar-refractivity contribution < 1.29 is 32.1 Å². The molecule has 0 amide bonds. The third kappa shape index (κ3) is 665. The summed E-state index contributed by atoms with van der Waals surface area (Å²) in [5, 5.41) is 37.6. The van der Waals surface area contributed by atoms with E-state index in [1.165, 1.54) is 0 Å². The maximum atomic E-state index is 8.25. The Hall–Kier alpha value is -1.13. The van der Waals surface area contributed by atoms with E-state index in [9.17, 15) is 0 Å². The Morgan fingerprint density at radius 3 is 1.00 bits per heavy atom. The molecule has 0 aromatic heterocycles. The first-order valence-electron chi connectivity index (χ1n) is 2.51. The number of aliphatic hydroxyl groups excluding tert-OH is 1. The summed E-state index contributed by atoms with van der Waals surface area (Å²) in [4.78, 5) is 16.5. The first-order chi connectivity index (χ1) is 5.20. The molecule has 10 heteroatoms. The molecule has 0 saturated heterocycles. The van der Waals surface area contributed by atoms with Gasteiger partial charge in [0.25, 0.3) is 0 Å². The number of nitrogens with zero attached hydrogens (tertiary/aromatic N) is 2. The van der Waals surface area contributed by atoms with Crippen molar-refractivity contribution in [2.45, 2.75) is 20.0 Å². The fourth-order valence-electron chi connectivity index (χ4n) is 0. The fourth-order valence-corrected chi connectivity index (χ4v) is 0. The fraction of sp³-hybridized carbons (Fsp3) is 1.00. The molecular weight excluding hydrogens is 235 g/mol. The van der Waals surface area contributed by atoms with Gasteiger partial charge in [-0.2, -0.15) is 0 Å². The van der Waals surface area contributed by atoms with Gasteiger partial charge in [-0.25, -0.2) is 0 Å². The van der Waals surface area contributed by atoms with E-state index in [2.05, 4.69) is 0 Å². The van der Waals surface area contributed by atoms with Crippen molar-refractivity contribution in [3.05, 3.63) is 30.6 Å². The molecule has 0 aromatic carbocycles. The van der Waals surface area contributed by atoms with Gasteiger partial charge < -0.3 is 35.7 Å². The summed E-state index contributed by atoms with van der Waals surface area (Å²) in [7, 11) is 0. The second kappa shape index (κ2) is 17.1. The zero-order chi connectivity index (χ0) is 10.7. The molecule has 0 rings (SSSR count). The van der Waals surface area contributed by atoms with E-state index in [0.29, 0.717) is 0 Å². The maximum absolute atomic E-state index is 8.25. The molecule has 0 heterocycles. The van der Waals surface area contributed by atoms with Crippen molar-refractivity contribution in [1.29, 1.82) is 0 Å². The normalized spacial score (nSPS) is 6.46. The predicted octanol–water partition coefficient (Wildman–Crippen LogP) is -0.0936. The third-order valence-corrected chi connectivity index (χ3v) is 0. The standard InChI is InChI=1S/C3H8O.Co.2NO3/c1-3(2)4;;2*2-1(3)4/h3-4H,1-2H3;;;/q;+2;2*-1. The summed E-state index contributed by atoms with van der Waals surface area (Å²) >= 11 is 0. The molecule has 0 aliphatic rings. The molecule has 0 aliphatic carbocycles. The van der Waals surface area contributed by atoms with Crippen LogP contribution in [-0.2, 0) is 16.8 Å². The molecule has 0 saturated carbocycles. The molecular formula is C3H8CoN2O7. The maximum Gasteiger partial charge on any atom is 2.00 e. The number of rotatable bonds is 0. The Balaban J connectivity index is -0.0000000450. The quantitative estimate of drug-likeness (QED) is 0.460. The van der Waals surface area contributed by atoms with Crippen LogP contribution in [0.15, 0.2) is 0 Å². The van der Waals surface area contributed by atoms with Crippen LogP contribution >= 0.6 is 0 Å². The van der Waals surface area contributed by atoms with Crippen LogP contribution in [0.2, 0.25) is 0 Å². The summed E-state index contributed by atoms with van der Waals surface area (Å²) in [6.07, 6.45) is -0.167. The van der Waals surface area contributed by atoms with Gasteiger partial charge in [0.1, 0.15) is 0 Å². The van der Waals surface area contributed by atoms with Crippen molar-refractivity contribution in [2.24, 2.45) is 0 Å². The summed E-state index contributed by atoms with van der Waals surface area (Å²) in [5.74, 6) is 0. The number of hydrogen-bond donors (Lipinski definition) is 1. The van der Waals surface area contributed by atoms with E-state index in [-0.39, 0.29) is 22.9 Å². The van der Waals surface area contributed by atoms with Crippen LogP contribution in [0.5, 0.6) is 0 Å². The molecule has 9 nitrogen and oxygen atoms in total. The van der Waals surface area contributed by atoms with Crippen molar-refractivity contribution in [1.82, 2.24) is 0 Å². The van der Waals surface area contributed by atoms with Crippen molar-refractivity contribution in [3.63, 3.8) is 0 Å². The predicted molar refractivity (Wildman–Crippen MR) is 38.1 cm³/mol. The first kappa shape index (κ1) is 22.6. The zero-order valence-electron chi connectivity index (χ0n) is 6.70. The van der Waals surface area contributed by atoms with E-state index < -0.39 is 10.2 Å². The van der Waals surface area contributed by atoms with Crippen LogP contribution in [0, 0.1) is 30.6 Å². The van der Waals surface area contributed by atoms with Crippen LogP contribution in [0.3, 0.4) is 0 Å². The van der Waals surface area contributed by atoms with Gasteiger partial charge in [-0.3, -0.25) is 0 Å². The van der Waals surface area contributed by atoms with Crippen LogP contribution in [0.25, 0.3) is 0 Å². The molecule has 0 spiro atoms. The Morgan fingerprint density at radius 2 is 1.00 bits per heavy atom. The number of hydrogen-bond acceptors (Lipinski definition) is 7. The third-order valence-electron chi connectivity index (χ3n) is 0. The van der Waals surface area contributed by atoms with Gasteiger partial charge >= 0.3 is 16.8 Å². The molecule has 0 fully saturated rings. The second-order valence-electron chi connectivity index (χ2n) is 1.54. The molecule has 0 aromatic rings. The van der Waals surface area contributed by atoms with E-state index in [1.54, 1.807) is 13.8 Å². The largest absolute Gasteiger partial charge is 2.00 e. The summed E-state index contributed by atoms with van der Waals surface area (Å²) in [6.45, 7) is 3.44. The average molecular weight is 243 g/mol. The molecule has 81 valence electrons. The Labute approximate surface area is 83.4 Å². The smallest absolute Gasteiger partial charge is 0.394 e. The first-order valence-corrected chi connectivity index (χ1v) is 2.51. The van der Waals surface area contributed by atoms with Gasteiger partial charge in [0.15, 0.2) is 0 Å². The minimum Gasteiger partial charge on any atom is -0.394 e. The van der Waals surface area contributed by atoms with E-state index in [1.807, 2.05) is 0 Å². The van der Waals surface area contributed by atoms with Gasteiger partial charge in [0.2, 0.25) is 0 Å². The molecule has 0 aliphatic heterocycles. The summed E-state index contributed by atoms with van der Waals surface area (Å²) < 4.78 is 0. The zero-order valence-corrected chi connectivity index (χ0v) is 7.74. The minimum atomic E-state index is -1.75. The topological polar surface area (TPSA) is 153 Å². The average Bonchev–Trinajstić information content (AvgIpc) is 1.54. The Morgan fingerprint density at radius 1 is 1.00 bits per heavy atom. The van der Waals surface area contributed by atoms with E-state index >= 15 is 0 Å². The van der Waals surface area contributed by atoms with Crippen LogP contribution < -0.4 is 0 Å². The van der Waals surface area contributed by atoms with Gasteiger partial charge in [-0.1, -0.05) is 0 Å². The molecule has 13 heavy (non-hydrogen) atoms. The van der Waals surface area contributed by atoms with Crippen molar-refractivity contribution in [3.8, 4) is 0 Å². The summed E-state index contributed by atoms with van der Waals surface area (Å²) in [6, 6.07) is 0. The Bertz CT molecular complexity index is 106. The molecule has 0 atom stereocenters. The summed E-state index contributed by atoms with van der Waals surface area (Å²) in [5.41, 5.74) is 0. The molecule has 0 bridgehead atoms. The molecule has 1 radical (unpaired) electrons. The van der Waals surface area contributed by atoms with Crippen molar-refractivity contribution in [2.75, 3.05) is 0 Å². The minimum absolute atomic E-state index is 0. The van der Waals surface area contributed by atoms with Gasteiger partial charge in [0.05, 0.1) is 10.2 Å². The van der Waals surface area contributed by atoms with Gasteiger partial charge in [0, 0.05) is 6.10 Å². The van der Waals surface area contributed by atoms with Gasteiger partial charge in [-0.15, -0.1) is 0 Å². The second-order valence-corrected chi connectivity index (χ2v) is 1.54. The van der Waals surface area contributed by atoms with Gasteiger partial charge in [-0.05, 0) is 13.8 Å². The van der Waals surface area contributed by atoms with Crippen LogP contribution in [0.4, 0.5) is 0 Å². The van der Waals surface area contributed by atoms with E-state index in [0.717, 1.165) is 0 Å². The van der Waals surface area contributed by atoms with Crippen LogP contribution in [-0.4, -0.2) is 21.4 Å². The van der Waals surface area contributed by atoms with Crippen molar-refractivity contribution >= 4 is 0 Å². The van der Waals surface area contributed by atoms with Crippen LogP contribution in [0.1, 0.15) is 13.8 Å².